The molecule has 0 aromatic carbocycles. The molecule has 2 aliphatic rings. The molecule has 142 valence electrons. The Bertz CT molecular complexity index is 388. The lowest BCUT2D eigenvalue weighted by molar-refractivity contribution is -0.134. The van der Waals surface area contributed by atoms with Crippen LogP contribution in [0.15, 0.2) is 0 Å². The first-order valence-electron chi connectivity index (χ1n) is 8.65. The van der Waals surface area contributed by atoms with Gasteiger partial charge in [0.1, 0.15) is 0 Å². The van der Waals surface area contributed by atoms with Crippen molar-refractivity contribution in [2.75, 3.05) is 58.9 Å². The fourth-order valence-electron chi connectivity index (χ4n) is 3.34. The van der Waals surface area contributed by atoms with Crippen molar-refractivity contribution < 1.29 is 9.59 Å². The molecule has 0 aliphatic carbocycles. The zero-order chi connectivity index (χ0) is 15.9. The first-order chi connectivity index (χ1) is 10.7. The molecule has 2 aliphatic heterocycles. The van der Waals surface area contributed by atoms with Crippen LogP contribution in [0, 0.1) is 5.92 Å². The number of halogens is 2. The number of hydrogen-bond acceptors (Lipinski definition) is 4. The number of rotatable bonds is 5. The van der Waals surface area contributed by atoms with Gasteiger partial charge in [0.05, 0.1) is 12.5 Å². The van der Waals surface area contributed by atoms with Crippen LogP contribution in [0.5, 0.6) is 0 Å². The molecule has 1 N–H and O–H groups in total. The van der Waals surface area contributed by atoms with Crippen LogP contribution in [0.25, 0.3) is 0 Å². The van der Waals surface area contributed by atoms with Crippen LogP contribution in [-0.2, 0) is 9.59 Å². The van der Waals surface area contributed by atoms with Gasteiger partial charge in [-0.2, -0.15) is 0 Å². The predicted molar refractivity (Wildman–Crippen MR) is 101 cm³/mol. The van der Waals surface area contributed by atoms with E-state index in [9.17, 15) is 9.59 Å². The Labute approximate surface area is 158 Å². The Kier molecular flexibility index (Phi) is 11.6. The van der Waals surface area contributed by atoms with Crippen LogP contribution in [-0.4, -0.2) is 85.4 Å². The van der Waals surface area contributed by atoms with E-state index in [1.165, 1.54) is 0 Å². The standard InChI is InChI=1S/C16H30N4O2.2ClH/c1-3-19(4-2)15(21)13-18-8-5-9-20(11-10-18)16(22)14-6-7-17-12-14;;/h14,17H,3-13H2,1-2H3;2*1H. The predicted octanol–water partition coefficient (Wildman–Crippen LogP) is 0.842. The summed E-state index contributed by atoms with van der Waals surface area (Å²) in [6.45, 7) is 11.1. The molecule has 2 heterocycles. The zero-order valence-corrected chi connectivity index (χ0v) is 16.5. The number of amides is 2. The molecule has 2 fully saturated rings. The van der Waals surface area contributed by atoms with Gasteiger partial charge in [-0.25, -0.2) is 0 Å². The number of likely N-dealkylation sites (N-methyl/N-ethyl adjacent to an activating group) is 1. The molecule has 0 saturated carbocycles. The van der Waals surface area contributed by atoms with Crippen LogP contribution in [0.1, 0.15) is 26.7 Å². The van der Waals surface area contributed by atoms with Crippen molar-refractivity contribution in [3.63, 3.8) is 0 Å². The lowest BCUT2D eigenvalue weighted by Gasteiger charge is -2.26. The maximum absolute atomic E-state index is 12.5. The first-order valence-corrected chi connectivity index (χ1v) is 8.65. The summed E-state index contributed by atoms with van der Waals surface area (Å²) < 4.78 is 0. The number of nitrogens with one attached hydrogen (secondary N) is 1. The molecule has 1 unspecified atom stereocenters. The third-order valence-corrected chi connectivity index (χ3v) is 4.78. The summed E-state index contributed by atoms with van der Waals surface area (Å²) in [5, 5.41) is 3.26. The molecule has 2 saturated heterocycles. The molecule has 0 spiro atoms. The zero-order valence-electron chi connectivity index (χ0n) is 14.8. The molecule has 0 bridgehead atoms. The number of hydrogen-bond donors (Lipinski definition) is 1. The topological polar surface area (TPSA) is 55.9 Å². The van der Waals surface area contributed by atoms with Crippen molar-refractivity contribution in [2.45, 2.75) is 26.7 Å². The highest BCUT2D eigenvalue weighted by Gasteiger charge is 2.28. The number of carbonyl (C=O) groups excluding carboxylic acids is 2. The van der Waals surface area contributed by atoms with Crippen LogP contribution in [0.4, 0.5) is 0 Å². The van der Waals surface area contributed by atoms with Gasteiger partial charge in [0.15, 0.2) is 0 Å². The highest BCUT2D eigenvalue weighted by atomic mass is 35.5. The van der Waals surface area contributed by atoms with Gasteiger partial charge in [0.2, 0.25) is 11.8 Å². The monoisotopic (exact) mass is 382 g/mol. The lowest BCUT2D eigenvalue weighted by Crippen LogP contribution is -2.42. The Balaban J connectivity index is 0.00000264. The highest BCUT2D eigenvalue weighted by molar-refractivity contribution is 5.85. The minimum absolute atomic E-state index is 0. The summed E-state index contributed by atoms with van der Waals surface area (Å²) in [5.41, 5.74) is 0. The Hall–Kier alpha value is -0.560. The second kappa shape index (κ2) is 11.9. The summed E-state index contributed by atoms with van der Waals surface area (Å²) in [6, 6.07) is 0. The van der Waals surface area contributed by atoms with Crippen molar-refractivity contribution in [3.8, 4) is 0 Å². The summed E-state index contributed by atoms with van der Waals surface area (Å²) >= 11 is 0. The number of nitrogens with zero attached hydrogens (tertiary/aromatic N) is 3. The van der Waals surface area contributed by atoms with Crippen molar-refractivity contribution in [1.29, 1.82) is 0 Å². The molecule has 0 radical (unpaired) electrons. The average Bonchev–Trinajstić information content (AvgIpc) is 2.95. The van der Waals surface area contributed by atoms with E-state index < -0.39 is 0 Å². The number of carbonyl (C=O) groups is 2. The molecule has 2 amide bonds. The summed E-state index contributed by atoms with van der Waals surface area (Å²) in [5.74, 6) is 0.649. The quantitative estimate of drug-likeness (QED) is 0.765. The van der Waals surface area contributed by atoms with E-state index in [1.54, 1.807) is 0 Å². The van der Waals surface area contributed by atoms with Gasteiger partial charge < -0.3 is 15.1 Å². The SMILES string of the molecule is CCN(CC)C(=O)CN1CCCN(C(=O)C2CCNC2)CC1.Cl.Cl. The minimum atomic E-state index is 0. The Morgan fingerprint density at radius 1 is 1.08 bits per heavy atom. The van der Waals surface area contributed by atoms with Crippen LogP contribution >= 0.6 is 24.8 Å². The second-order valence-electron chi connectivity index (χ2n) is 6.21. The largest absolute Gasteiger partial charge is 0.342 e. The van der Waals surface area contributed by atoms with Gasteiger partial charge in [-0.15, -0.1) is 24.8 Å². The van der Waals surface area contributed by atoms with E-state index in [2.05, 4.69) is 10.2 Å². The van der Waals surface area contributed by atoms with Crippen molar-refractivity contribution in [2.24, 2.45) is 5.92 Å². The molecular weight excluding hydrogens is 351 g/mol. The van der Waals surface area contributed by atoms with Gasteiger partial charge in [-0.05, 0) is 33.2 Å². The molecular formula is C16H32Cl2N4O2. The van der Waals surface area contributed by atoms with Crippen LogP contribution in [0.3, 0.4) is 0 Å². The van der Waals surface area contributed by atoms with Gasteiger partial charge in [-0.1, -0.05) is 0 Å². The van der Waals surface area contributed by atoms with Gasteiger partial charge in [0.25, 0.3) is 0 Å². The van der Waals surface area contributed by atoms with Crippen molar-refractivity contribution in [1.82, 2.24) is 20.0 Å². The molecule has 0 aromatic rings. The maximum atomic E-state index is 12.5. The van der Waals surface area contributed by atoms with E-state index in [-0.39, 0.29) is 36.6 Å². The van der Waals surface area contributed by atoms with E-state index in [0.29, 0.717) is 12.5 Å². The average molecular weight is 383 g/mol. The molecule has 24 heavy (non-hydrogen) atoms. The Morgan fingerprint density at radius 3 is 2.38 bits per heavy atom. The van der Waals surface area contributed by atoms with E-state index >= 15 is 0 Å². The second-order valence-corrected chi connectivity index (χ2v) is 6.21. The highest BCUT2D eigenvalue weighted by Crippen LogP contribution is 2.14. The van der Waals surface area contributed by atoms with Crippen LogP contribution < -0.4 is 5.32 Å². The fraction of sp³-hybridized carbons (Fsp3) is 0.875. The molecule has 2 rings (SSSR count). The lowest BCUT2D eigenvalue weighted by atomic mass is 10.1. The van der Waals surface area contributed by atoms with E-state index in [1.807, 2.05) is 23.6 Å². The van der Waals surface area contributed by atoms with Crippen molar-refractivity contribution in [3.05, 3.63) is 0 Å². The van der Waals surface area contributed by atoms with Gasteiger partial charge >= 0.3 is 0 Å². The van der Waals surface area contributed by atoms with Gasteiger partial charge in [-0.3, -0.25) is 14.5 Å². The third kappa shape index (κ3) is 6.39. The smallest absolute Gasteiger partial charge is 0.236 e. The van der Waals surface area contributed by atoms with E-state index in [0.717, 1.165) is 65.2 Å². The summed E-state index contributed by atoms with van der Waals surface area (Å²) in [6.07, 6.45) is 1.91. The van der Waals surface area contributed by atoms with Crippen LogP contribution in [0.2, 0.25) is 0 Å². The molecule has 6 nitrogen and oxygen atoms in total. The van der Waals surface area contributed by atoms with E-state index in [4.69, 9.17) is 0 Å². The maximum Gasteiger partial charge on any atom is 0.236 e. The normalized spacial score (nSPS) is 21.4. The van der Waals surface area contributed by atoms with Gasteiger partial charge in [0, 0.05) is 45.8 Å². The summed E-state index contributed by atoms with van der Waals surface area (Å²) in [4.78, 5) is 30.7. The van der Waals surface area contributed by atoms with Crippen molar-refractivity contribution >= 4 is 36.6 Å². The Morgan fingerprint density at radius 2 is 1.79 bits per heavy atom. The fourth-order valence-corrected chi connectivity index (χ4v) is 3.34. The third-order valence-electron chi connectivity index (χ3n) is 4.78. The minimum Gasteiger partial charge on any atom is -0.342 e. The molecule has 1 atom stereocenters. The summed E-state index contributed by atoms with van der Waals surface area (Å²) in [7, 11) is 0. The molecule has 8 heteroatoms. The molecule has 0 aromatic heterocycles. The first kappa shape index (κ1) is 23.4.